The maximum Gasteiger partial charge on any atom is 0.326 e. The van der Waals surface area contributed by atoms with Crippen molar-refractivity contribution >= 4 is 11.9 Å². The zero-order valence-electron chi connectivity index (χ0n) is 10.5. The summed E-state index contributed by atoms with van der Waals surface area (Å²) in [5.74, 6) is -2.65. The molecule has 2 rings (SSSR count). The zero-order valence-corrected chi connectivity index (χ0v) is 10.5. The second-order valence-corrected chi connectivity index (χ2v) is 4.86. The van der Waals surface area contributed by atoms with Crippen LogP contribution in [0.25, 0.3) is 0 Å². The third-order valence-electron chi connectivity index (χ3n) is 3.83. The molecular formula is C12H18FNO4. The molecule has 2 saturated carbocycles. The van der Waals surface area contributed by atoms with E-state index in [0.29, 0.717) is 0 Å². The Bertz CT molecular complexity index is 375. The van der Waals surface area contributed by atoms with Crippen LogP contribution in [0.2, 0.25) is 0 Å². The van der Waals surface area contributed by atoms with Crippen molar-refractivity contribution in [1.82, 2.24) is 0 Å². The van der Waals surface area contributed by atoms with Crippen molar-refractivity contribution in [2.45, 2.75) is 32.0 Å². The fourth-order valence-corrected chi connectivity index (χ4v) is 3.07. The van der Waals surface area contributed by atoms with E-state index >= 15 is 0 Å². The van der Waals surface area contributed by atoms with E-state index in [4.69, 9.17) is 15.2 Å². The Morgan fingerprint density at radius 2 is 1.94 bits per heavy atom. The molecule has 0 amide bonds. The topological polar surface area (TPSA) is 78.6 Å². The predicted molar refractivity (Wildman–Crippen MR) is 60.2 cm³/mol. The molecule has 0 aromatic carbocycles. The summed E-state index contributed by atoms with van der Waals surface area (Å²) in [6, 6.07) is 0. The molecule has 0 spiro atoms. The first-order chi connectivity index (χ1) is 8.47. The zero-order chi connectivity index (χ0) is 13.5. The van der Waals surface area contributed by atoms with Gasteiger partial charge in [0.05, 0.1) is 19.1 Å². The Morgan fingerprint density at radius 3 is 2.50 bits per heavy atom. The van der Waals surface area contributed by atoms with Crippen molar-refractivity contribution in [2.75, 3.05) is 13.2 Å². The van der Waals surface area contributed by atoms with Gasteiger partial charge in [-0.15, -0.1) is 0 Å². The van der Waals surface area contributed by atoms with Gasteiger partial charge in [0.1, 0.15) is 11.7 Å². The second kappa shape index (κ2) is 4.50. The number of rotatable bonds is 4. The number of hydrogen-bond donors (Lipinski definition) is 1. The monoisotopic (exact) mass is 259 g/mol. The minimum absolute atomic E-state index is 0.0723. The van der Waals surface area contributed by atoms with E-state index in [-0.39, 0.29) is 19.6 Å². The molecular weight excluding hydrogens is 241 g/mol. The Morgan fingerprint density at radius 1 is 1.33 bits per heavy atom. The average molecular weight is 259 g/mol. The van der Waals surface area contributed by atoms with Crippen LogP contribution in [0, 0.1) is 17.8 Å². The second-order valence-electron chi connectivity index (χ2n) is 4.86. The summed E-state index contributed by atoms with van der Waals surface area (Å²) in [5, 5.41) is 0. The number of carbonyl (C=O) groups is 2. The van der Waals surface area contributed by atoms with E-state index in [1.807, 2.05) is 0 Å². The highest BCUT2D eigenvalue weighted by Gasteiger charge is 2.75. The standard InChI is InChI=1S/C12H18FNO4/c1-3-17-10(15)8-7-6(13)5-12(14,9(7)8)11(16)18-4-2/h6-9H,3-5,14H2,1-2H3. The third-order valence-corrected chi connectivity index (χ3v) is 3.83. The molecule has 0 radical (unpaired) electrons. The van der Waals surface area contributed by atoms with Crippen LogP contribution in [0.15, 0.2) is 0 Å². The highest BCUT2D eigenvalue weighted by Crippen LogP contribution is 2.63. The number of carbonyl (C=O) groups excluding carboxylic acids is 2. The van der Waals surface area contributed by atoms with E-state index < -0.39 is 41.4 Å². The minimum Gasteiger partial charge on any atom is -0.466 e. The van der Waals surface area contributed by atoms with Gasteiger partial charge in [-0.05, 0) is 13.8 Å². The van der Waals surface area contributed by atoms with Gasteiger partial charge in [-0.2, -0.15) is 0 Å². The van der Waals surface area contributed by atoms with Crippen molar-refractivity contribution in [3.05, 3.63) is 0 Å². The lowest BCUT2D eigenvalue weighted by Crippen LogP contribution is -2.51. The van der Waals surface area contributed by atoms with E-state index in [1.54, 1.807) is 13.8 Å². The smallest absolute Gasteiger partial charge is 0.326 e. The van der Waals surface area contributed by atoms with Crippen molar-refractivity contribution in [3.63, 3.8) is 0 Å². The van der Waals surface area contributed by atoms with Crippen LogP contribution >= 0.6 is 0 Å². The van der Waals surface area contributed by atoms with Crippen molar-refractivity contribution in [1.29, 1.82) is 0 Å². The van der Waals surface area contributed by atoms with Crippen molar-refractivity contribution < 1.29 is 23.5 Å². The quantitative estimate of drug-likeness (QED) is 0.740. The van der Waals surface area contributed by atoms with Gasteiger partial charge in [0, 0.05) is 18.3 Å². The first-order valence-electron chi connectivity index (χ1n) is 6.24. The number of hydrogen-bond acceptors (Lipinski definition) is 5. The molecule has 2 fully saturated rings. The molecule has 0 aliphatic heterocycles. The summed E-state index contributed by atoms with van der Waals surface area (Å²) in [7, 11) is 0. The summed E-state index contributed by atoms with van der Waals surface area (Å²) < 4.78 is 23.6. The predicted octanol–water partition coefficient (Wildman–Crippen LogP) is 0.414. The molecule has 5 atom stereocenters. The van der Waals surface area contributed by atoms with Crippen LogP contribution in [0.5, 0.6) is 0 Å². The summed E-state index contributed by atoms with van der Waals surface area (Å²) in [6.45, 7) is 3.78. The molecule has 2 aliphatic carbocycles. The molecule has 0 saturated heterocycles. The van der Waals surface area contributed by atoms with Crippen LogP contribution in [-0.2, 0) is 19.1 Å². The summed E-state index contributed by atoms with van der Waals surface area (Å²) in [6.07, 6.45) is -1.31. The van der Waals surface area contributed by atoms with Crippen LogP contribution in [-0.4, -0.2) is 36.9 Å². The van der Waals surface area contributed by atoms with Crippen molar-refractivity contribution in [3.8, 4) is 0 Å². The molecule has 0 aromatic heterocycles. The molecule has 2 N–H and O–H groups in total. The lowest BCUT2D eigenvalue weighted by atomic mass is 9.91. The number of halogens is 1. The van der Waals surface area contributed by atoms with E-state index in [1.165, 1.54) is 0 Å². The largest absolute Gasteiger partial charge is 0.466 e. The van der Waals surface area contributed by atoms with Gasteiger partial charge in [0.15, 0.2) is 0 Å². The molecule has 2 aliphatic rings. The van der Waals surface area contributed by atoms with Gasteiger partial charge >= 0.3 is 11.9 Å². The first kappa shape index (κ1) is 13.3. The maximum absolute atomic E-state index is 13.8. The van der Waals surface area contributed by atoms with Crippen molar-refractivity contribution in [2.24, 2.45) is 23.5 Å². The number of alkyl halides is 1. The summed E-state index contributed by atoms with van der Waals surface area (Å²) in [4.78, 5) is 23.4. The highest BCUT2D eigenvalue weighted by atomic mass is 19.1. The molecule has 18 heavy (non-hydrogen) atoms. The summed E-state index contributed by atoms with van der Waals surface area (Å²) in [5.41, 5.74) is 4.59. The molecule has 5 nitrogen and oxygen atoms in total. The average Bonchev–Trinajstić information content (AvgIpc) is 2.99. The van der Waals surface area contributed by atoms with Crippen LogP contribution in [0.4, 0.5) is 4.39 Å². The first-order valence-corrected chi connectivity index (χ1v) is 6.24. The highest BCUT2D eigenvalue weighted by molar-refractivity contribution is 5.87. The van der Waals surface area contributed by atoms with Crippen LogP contribution < -0.4 is 5.73 Å². The van der Waals surface area contributed by atoms with Gasteiger partial charge in [-0.3, -0.25) is 9.59 Å². The van der Waals surface area contributed by atoms with Gasteiger partial charge in [0.2, 0.25) is 0 Å². The Kier molecular flexibility index (Phi) is 3.31. The SMILES string of the molecule is CCOC(=O)C1C2C(F)CC(N)(C(=O)OCC)C12. The summed E-state index contributed by atoms with van der Waals surface area (Å²) >= 11 is 0. The number of nitrogens with two attached hydrogens (primary N) is 1. The molecule has 0 aromatic rings. The van der Waals surface area contributed by atoms with Gasteiger partial charge < -0.3 is 15.2 Å². The lowest BCUT2D eigenvalue weighted by molar-refractivity contribution is -0.152. The minimum atomic E-state index is -1.38. The normalized spacial score (nSPS) is 41.1. The molecule has 0 bridgehead atoms. The maximum atomic E-state index is 13.8. The Balaban J connectivity index is 2.12. The molecule has 6 heteroatoms. The fraction of sp³-hybridized carbons (Fsp3) is 0.833. The van der Waals surface area contributed by atoms with Gasteiger partial charge in [0.25, 0.3) is 0 Å². The number of ether oxygens (including phenoxy) is 2. The van der Waals surface area contributed by atoms with E-state index in [9.17, 15) is 14.0 Å². The van der Waals surface area contributed by atoms with E-state index in [0.717, 1.165) is 0 Å². The fourth-order valence-electron chi connectivity index (χ4n) is 3.07. The van der Waals surface area contributed by atoms with Gasteiger partial charge in [-0.25, -0.2) is 4.39 Å². The molecule has 102 valence electrons. The van der Waals surface area contributed by atoms with E-state index in [2.05, 4.69) is 0 Å². The lowest BCUT2D eigenvalue weighted by Gasteiger charge is -2.25. The molecule has 0 heterocycles. The van der Waals surface area contributed by atoms with Crippen LogP contribution in [0.1, 0.15) is 20.3 Å². The number of esters is 2. The third kappa shape index (κ3) is 1.79. The Labute approximate surface area is 105 Å². The molecule has 5 unspecified atom stereocenters. The number of fused-ring (bicyclic) bond motifs is 1. The van der Waals surface area contributed by atoms with Gasteiger partial charge in [-0.1, -0.05) is 0 Å². The van der Waals surface area contributed by atoms with Crippen LogP contribution in [0.3, 0.4) is 0 Å². The Hall–Kier alpha value is -1.17.